The van der Waals surface area contributed by atoms with Gasteiger partial charge in [-0.15, -0.1) is 0 Å². The Morgan fingerprint density at radius 3 is 2.58 bits per heavy atom. The molecule has 8 nitrogen and oxygen atoms in total. The largest absolute Gasteiger partial charge is 0.465 e. The van der Waals surface area contributed by atoms with Gasteiger partial charge in [-0.25, -0.2) is 0 Å². The highest BCUT2D eigenvalue weighted by molar-refractivity contribution is 5.99. The van der Waals surface area contributed by atoms with Crippen molar-refractivity contribution < 1.29 is 29.0 Å². The van der Waals surface area contributed by atoms with E-state index in [9.17, 15) is 19.5 Å². The molecule has 1 N–H and O–H groups in total. The summed E-state index contributed by atoms with van der Waals surface area (Å²) in [6.07, 6.45) is 9.98. The van der Waals surface area contributed by atoms with E-state index in [-0.39, 0.29) is 25.0 Å². The zero-order valence-corrected chi connectivity index (χ0v) is 20.8. The number of benzene rings is 1. The summed E-state index contributed by atoms with van der Waals surface area (Å²) in [5.74, 6) is -2.95. The topological polar surface area (TPSA) is 96.4 Å². The predicted molar refractivity (Wildman–Crippen MR) is 131 cm³/mol. The first-order valence-corrected chi connectivity index (χ1v) is 12.8. The summed E-state index contributed by atoms with van der Waals surface area (Å²) in [7, 11) is 0. The van der Waals surface area contributed by atoms with Crippen LogP contribution in [-0.4, -0.2) is 75.7 Å². The number of hydrogen-bond acceptors (Lipinski definition) is 6. The van der Waals surface area contributed by atoms with Gasteiger partial charge in [0.2, 0.25) is 11.8 Å². The number of aliphatic hydroxyl groups excluding tert-OH is 1. The van der Waals surface area contributed by atoms with Crippen LogP contribution >= 0.6 is 0 Å². The lowest BCUT2D eigenvalue weighted by Gasteiger charge is -2.39. The Kier molecular flexibility index (Phi) is 6.51. The molecular weight excluding hydrogens is 460 g/mol. The molecule has 2 saturated heterocycles. The number of amides is 2. The van der Waals surface area contributed by atoms with E-state index in [1.807, 2.05) is 54.6 Å². The number of rotatable bonds is 4. The molecule has 4 heterocycles. The van der Waals surface area contributed by atoms with Gasteiger partial charge < -0.3 is 24.4 Å². The third-order valence-corrected chi connectivity index (χ3v) is 7.98. The number of likely N-dealkylation sites (tertiary alicyclic amines) is 1. The lowest BCUT2D eigenvalue weighted by atomic mass is 9.74. The minimum absolute atomic E-state index is 0.260. The fraction of sp³-hybridized carbons (Fsp3) is 0.536. The fourth-order valence-corrected chi connectivity index (χ4v) is 6.29. The maximum absolute atomic E-state index is 14.2. The molecule has 0 saturated carbocycles. The minimum atomic E-state index is -1.35. The van der Waals surface area contributed by atoms with E-state index >= 15 is 0 Å². The summed E-state index contributed by atoms with van der Waals surface area (Å²) >= 11 is 0. The molecule has 2 amide bonds. The fourth-order valence-electron chi connectivity index (χ4n) is 6.29. The Labute approximate surface area is 211 Å². The van der Waals surface area contributed by atoms with E-state index in [1.165, 1.54) is 4.90 Å². The molecule has 6 atom stereocenters. The zero-order chi connectivity index (χ0) is 25.5. The molecule has 0 radical (unpaired) electrons. The maximum Gasteiger partial charge on any atom is 0.313 e. The third-order valence-electron chi connectivity index (χ3n) is 7.98. The van der Waals surface area contributed by atoms with Crippen molar-refractivity contribution in [1.29, 1.82) is 0 Å². The number of aliphatic hydroxyl groups is 1. The molecule has 4 aliphatic rings. The smallest absolute Gasteiger partial charge is 0.313 e. The molecule has 1 aromatic carbocycles. The van der Waals surface area contributed by atoms with Crippen LogP contribution in [0.2, 0.25) is 0 Å². The highest BCUT2D eigenvalue weighted by atomic mass is 16.6. The Morgan fingerprint density at radius 1 is 1.06 bits per heavy atom. The molecular formula is C28H34N2O6. The average Bonchev–Trinajstić information content (AvgIpc) is 3.21. The standard InChI is InChI=1S/C28H34N2O6/c1-19(18-31)30-23-25(33)29(17-20-11-6-5-7-12-20)15-10-14-28(23)21(24(30)32)22-26(34)35-16-9-4-3-8-13-27(22,2)36-28/h5-8,10-14,19,21-23,31H,3-4,9,15-18H2,1-2H3/b13-8-/t19-,21+,22-,23?,27+,28+/m1/s1. The number of nitrogens with zero attached hydrogens (tertiary/aromatic N) is 2. The van der Waals surface area contributed by atoms with Crippen LogP contribution in [0.25, 0.3) is 0 Å². The van der Waals surface area contributed by atoms with Crippen molar-refractivity contribution in [3.8, 4) is 0 Å². The van der Waals surface area contributed by atoms with Gasteiger partial charge in [-0.05, 0) is 38.7 Å². The molecule has 1 spiro atoms. The van der Waals surface area contributed by atoms with Crippen LogP contribution in [0.1, 0.15) is 38.7 Å². The summed E-state index contributed by atoms with van der Waals surface area (Å²) in [6.45, 7) is 4.21. The Bertz CT molecular complexity index is 1090. The molecule has 4 aliphatic heterocycles. The molecule has 0 aromatic heterocycles. The monoisotopic (exact) mass is 494 g/mol. The second-order valence-corrected chi connectivity index (χ2v) is 10.4. The number of carbonyl (C=O) groups is 3. The number of fused-ring (bicyclic) bond motifs is 2. The Morgan fingerprint density at radius 2 is 1.83 bits per heavy atom. The Balaban J connectivity index is 1.61. The molecule has 5 rings (SSSR count). The summed E-state index contributed by atoms with van der Waals surface area (Å²) in [5.41, 5.74) is -1.49. The number of carbonyl (C=O) groups excluding carboxylic acids is 3. The van der Waals surface area contributed by atoms with E-state index < -0.39 is 41.1 Å². The third kappa shape index (κ3) is 3.87. The van der Waals surface area contributed by atoms with Crippen LogP contribution in [0, 0.1) is 11.8 Å². The van der Waals surface area contributed by atoms with E-state index in [1.54, 1.807) is 18.7 Å². The number of allylic oxidation sites excluding steroid dienone is 1. The van der Waals surface area contributed by atoms with E-state index in [0.717, 1.165) is 24.8 Å². The predicted octanol–water partition coefficient (Wildman–Crippen LogP) is 2.22. The van der Waals surface area contributed by atoms with Crippen LogP contribution in [0.15, 0.2) is 54.6 Å². The van der Waals surface area contributed by atoms with Crippen LogP contribution < -0.4 is 0 Å². The van der Waals surface area contributed by atoms with Gasteiger partial charge in [0.05, 0.1) is 30.8 Å². The molecule has 1 aromatic rings. The summed E-state index contributed by atoms with van der Waals surface area (Å²) in [6, 6.07) is 8.04. The quantitative estimate of drug-likeness (QED) is 0.509. The van der Waals surface area contributed by atoms with Crippen LogP contribution in [0.5, 0.6) is 0 Å². The van der Waals surface area contributed by atoms with Gasteiger partial charge in [0.15, 0.2) is 0 Å². The molecule has 2 fully saturated rings. The van der Waals surface area contributed by atoms with Crippen molar-refractivity contribution in [2.75, 3.05) is 19.8 Å². The molecule has 0 aliphatic carbocycles. The first kappa shape index (κ1) is 24.7. The highest BCUT2D eigenvalue weighted by Crippen LogP contribution is 2.57. The van der Waals surface area contributed by atoms with Crippen LogP contribution in [-0.2, 0) is 30.4 Å². The van der Waals surface area contributed by atoms with E-state index in [0.29, 0.717) is 13.1 Å². The summed E-state index contributed by atoms with van der Waals surface area (Å²) in [4.78, 5) is 44.8. The van der Waals surface area contributed by atoms with Gasteiger partial charge in [-0.2, -0.15) is 0 Å². The normalized spacial score (nSPS) is 36.0. The Hall–Kier alpha value is -2.97. The lowest BCUT2D eigenvalue weighted by Crippen LogP contribution is -2.58. The van der Waals surface area contributed by atoms with Crippen LogP contribution in [0.4, 0.5) is 0 Å². The SMILES string of the molecule is C[C@H](CO)N1C(=O)[C@@H]2[C@@H]3C(=O)OCCCC/C=C\[C@]3(C)O[C@@]23C=CCN(Cc2ccccc2)C(=O)C13. The minimum Gasteiger partial charge on any atom is -0.465 e. The number of esters is 1. The second-order valence-electron chi connectivity index (χ2n) is 10.4. The summed E-state index contributed by atoms with van der Waals surface area (Å²) in [5, 5.41) is 10.0. The van der Waals surface area contributed by atoms with E-state index in [4.69, 9.17) is 9.47 Å². The molecule has 8 heteroatoms. The van der Waals surface area contributed by atoms with Gasteiger partial charge in [0.25, 0.3) is 0 Å². The average molecular weight is 495 g/mol. The molecule has 192 valence electrons. The highest BCUT2D eigenvalue weighted by Gasteiger charge is 2.75. The maximum atomic E-state index is 14.2. The van der Waals surface area contributed by atoms with Crippen molar-refractivity contribution in [3.63, 3.8) is 0 Å². The van der Waals surface area contributed by atoms with Crippen molar-refractivity contribution in [3.05, 3.63) is 60.2 Å². The van der Waals surface area contributed by atoms with Crippen LogP contribution in [0.3, 0.4) is 0 Å². The van der Waals surface area contributed by atoms with Crippen molar-refractivity contribution in [2.24, 2.45) is 11.8 Å². The second kappa shape index (κ2) is 9.48. The van der Waals surface area contributed by atoms with Crippen molar-refractivity contribution in [2.45, 2.75) is 62.9 Å². The first-order valence-electron chi connectivity index (χ1n) is 12.8. The molecule has 1 unspecified atom stereocenters. The first-order chi connectivity index (χ1) is 17.3. The van der Waals surface area contributed by atoms with Crippen molar-refractivity contribution in [1.82, 2.24) is 9.80 Å². The number of cyclic esters (lactones) is 1. The van der Waals surface area contributed by atoms with Crippen molar-refractivity contribution >= 4 is 17.8 Å². The van der Waals surface area contributed by atoms with Gasteiger partial charge in [0.1, 0.15) is 17.6 Å². The van der Waals surface area contributed by atoms with Gasteiger partial charge in [0, 0.05) is 13.1 Å². The van der Waals surface area contributed by atoms with E-state index in [2.05, 4.69) is 0 Å². The number of hydrogen-bond donors (Lipinski definition) is 1. The molecule has 36 heavy (non-hydrogen) atoms. The summed E-state index contributed by atoms with van der Waals surface area (Å²) < 4.78 is 12.4. The van der Waals surface area contributed by atoms with Gasteiger partial charge in [-0.1, -0.05) is 54.6 Å². The van der Waals surface area contributed by atoms with Gasteiger partial charge >= 0.3 is 5.97 Å². The van der Waals surface area contributed by atoms with Gasteiger partial charge in [-0.3, -0.25) is 14.4 Å². The molecule has 0 bridgehead atoms. The number of ether oxygens (including phenoxy) is 2. The lowest BCUT2D eigenvalue weighted by molar-refractivity contribution is -0.161. The zero-order valence-electron chi connectivity index (χ0n) is 20.8.